The molecule has 0 bridgehead atoms. The fraction of sp³-hybridized carbons (Fsp3) is 0.200. The number of nitrogens with zero attached hydrogens (tertiary/aromatic N) is 3. The molecule has 3 N–H and O–H groups in total. The Bertz CT molecular complexity index is 1170. The number of halogens is 2. The maximum Gasteiger partial charge on any atom is 0.318 e. The number of benzene rings is 2. The molecule has 9 nitrogen and oxygen atoms in total. The van der Waals surface area contributed by atoms with Crippen molar-refractivity contribution >= 4 is 46.9 Å². The van der Waals surface area contributed by atoms with Crippen LogP contribution in [0.3, 0.4) is 0 Å². The summed E-state index contributed by atoms with van der Waals surface area (Å²) in [5.41, 5.74) is 6.25. The minimum Gasteiger partial charge on any atom is -0.496 e. The van der Waals surface area contributed by atoms with Crippen LogP contribution in [0.15, 0.2) is 41.6 Å². The number of primary amides is 1. The summed E-state index contributed by atoms with van der Waals surface area (Å²) < 4.78 is 12.4. The molecule has 0 saturated carbocycles. The highest BCUT2D eigenvalue weighted by molar-refractivity contribution is 8.00. The van der Waals surface area contributed by atoms with Gasteiger partial charge in [-0.05, 0) is 43.3 Å². The third-order valence-electron chi connectivity index (χ3n) is 4.33. The number of ether oxygens (including phenoxy) is 2. The minimum atomic E-state index is -0.935. The number of hydrogen-bond acceptors (Lipinski definition) is 7. The number of rotatable bonds is 7. The molecule has 0 aliphatic heterocycles. The summed E-state index contributed by atoms with van der Waals surface area (Å²) in [6.45, 7) is 1.61. The minimum absolute atomic E-state index is 0.371. The highest BCUT2D eigenvalue weighted by Crippen LogP contribution is 2.37. The molecule has 168 valence electrons. The number of methoxy groups -OCH3 is 2. The van der Waals surface area contributed by atoms with E-state index in [4.69, 9.17) is 38.4 Å². The number of carbonyl (C=O) groups is 2. The number of hydrogen-bond donors (Lipinski definition) is 2. The van der Waals surface area contributed by atoms with Crippen LogP contribution in [0.4, 0.5) is 4.79 Å². The van der Waals surface area contributed by atoms with Gasteiger partial charge in [-0.25, -0.2) is 4.79 Å². The molecule has 1 atom stereocenters. The van der Waals surface area contributed by atoms with Gasteiger partial charge in [0.25, 0.3) is 0 Å². The molecule has 0 radical (unpaired) electrons. The van der Waals surface area contributed by atoms with E-state index < -0.39 is 17.2 Å². The zero-order chi connectivity index (χ0) is 23.4. The van der Waals surface area contributed by atoms with Crippen molar-refractivity contribution in [3.8, 4) is 28.6 Å². The number of carbonyl (C=O) groups excluding carboxylic acids is 2. The van der Waals surface area contributed by atoms with Crippen LogP contribution in [0.2, 0.25) is 10.0 Å². The van der Waals surface area contributed by atoms with E-state index >= 15 is 0 Å². The summed E-state index contributed by atoms with van der Waals surface area (Å²) in [5.74, 6) is 0.870. The van der Waals surface area contributed by atoms with Gasteiger partial charge in [0.1, 0.15) is 11.5 Å². The van der Waals surface area contributed by atoms with Gasteiger partial charge in [-0.15, -0.1) is 10.2 Å². The van der Waals surface area contributed by atoms with Crippen molar-refractivity contribution in [1.29, 1.82) is 0 Å². The number of nitrogens with two attached hydrogens (primary N) is 1. The standard InChI is InChI=1S/C20H19Cl2N5O4S/c1-10(18(28)24-19(23)29)32-20-26-25-17(13-8-11(21)4-6-15(13)30-2)27(20)12-5-7-16(31-3)14(22)9-12/h4-10H,1-3H3,(H3,23,24,28,29)/t10-/m1/s1. The number of amides is 3. The summed E-state index contributed by atoms with van der Waals surface area (Å²) in [7, 11) is 3.05. The highest BCUT2D eigenvalue weighted by atomic mass is 35.5. The number of urea groups is 1. The van der Waals surface area contributed by atoms with Crippen molar-refractivity contribution in [2.24, 2.45) is 5.73 Å². The molecular weight excluding hydrogens is 477 g/mol. The van der Waals surface area contributed by atoms with E-state index in [0.29, 0.717) is 43.8 Å². The molecule has 0 fully saturated rings. The monoisotopic (exact) mass is 495 g/mol. The third-order valence-corrected chi connectivity index (χ3v) is 5.90. The molecule has 0 saturated heterocycles. The topological polar surface area (TPSA) is 121 Å². The van der Waals surface area contributed by atoms with Gasteiger partial charge < -0.3 is 15.2 Å². The van der Waals surface area contributed by atoms with Crippen molar-refractivity contribution in [2.45, 2.75) is 17.3 Å². The van der Waals surface area contributed by atoms with Gasteiger partial charge in [0.2, 0.25) is 5.91 Å². The van der Waals surface area contributed by atoms with Gasteiger partial charge in [-0.2, -0.15) is 0 Å². The molecule has 1 heterocycles. The van der Waals surface area contributed by atoms with Crippen molar-refractivity contribution in [2.75, 3.05) is 14.2 Å². The van der Waals surface area contributed by atoms with E-state index in [2.05, 4.69) is 15.5 Å². The van der Waals surface area contributed by atoms with Crippen LogP contribution in [-0.4, -0.2) is 46.2 Å². The number of imide groups is 1. The predicted octanol–water partition coefficient (Wildman–Crippen LogP) is 3.93. The van der Waals surface area contributed by atoms with Gasteiger partial charge in [-0.3, -0.25) is 14.7 Å². The first-order valence-electron chi connectivity index (χ1n) is 9.15. The molecule has 2 aromatic carbocycles. The molecule has 3 rings (SSSR count). The van der Waals surface area contributed by atoms with E-state index in [9.17, 15) is 9.59 Å². The predicted molar refractivity (Wildman–Crippen MR) is 123 cm³/mol. The first kappa shape index (κ1) is 23.7. The molecule has 3 amide bonds. The second-order valence-electron chi connectivity index (χ2n) is 6.42. The van der Waals surface area contributed by atoms with Crippen molar-refractivity contribution in [1.82, 2.24) is 20.1 Å². The van der Waals surface area contributed by atoms with Crippen LogP contribution in [0.25, 0.3) is 17.1 Å². The Labute approximate surface area is 198 Å². The van der Waals surface area contributed by atoms with Crippen LogP contribution in [0, 0.1) is 0 Å². The SMILES string of the molecule is COc1ccc(-n2c(S[C@H](C)C(=O)NC(N)=O)nnc2-c2cc(Cl)ccc2OC)cc1Cl. The summed E-state index contributed by atoms with van der Waals surface area (Å²) in [6, 6.07) is 9.33. The van der Waals surface area contributed by atoms with E-state index in [0.717, 1.165) is 11.8 Å². The average Bonchev–Trinajstić information content (AvgIpc) is 3.16. The van der Waals surface area contributed by atoms with Gasteiger partial charge in [0, 0.05) is 5.02 Å². The maximum atomic E-state index is 12.2. The van der Waals surface area contributed by atoms with Crippen LogP contribution in [-0.2, 0) is 4.79 Å². The highest BCUT2D eigenvalue weighted by Gasteiger charge is 2.24. The number of nitrogens with one attached hydrogen (secondary N) is 1. The Kier molecular flexibility index (Phi) is 7.49. The van der Waals surface area contributed by atoms with Crippen molar-refractivity contribution < 1.29 is 19.1 Å². The summed E-state index contributed by atoms with van der Waals surface area (Å²) >= 11 is 13.6. The molecule has 0 aliphatic carbocycles. The van der Waals surface area contributed by atoms with Crippen molar-refractivity contribution in [3.05, 3.63) is 46.4 Å². The van der Waals surface area contributed by atoms with Gasteiger partial charge in [0.15, 0.2) is 11.0 Å². The Morgan fingerprint density at radius 3 is 2.41 bits per heavy atom. The smallest absolute Gasteiger partial charge is 0.318 e. The Morgan fingerprint density at radius 2 is 1.78 bits per heavy atom. The van der Waals surface area contributed by atoms with Crippen LogP contribution >= 0.6 is 35.0 Å². The van der Waals surface area contributed by atoms with E-state index in [1.165, 1.54) is 14.2 Å². The molecule has 0 aliphatic rings. The largest absolute Gasteiger partial charge is 0.496 e. The maximum absolute atomic E-state index is 12.2. The number of thioether (sulfide) groups is 1. The van der Waals surface area contributed by atoms with Crippen LogP contribution in [0.5, 0.6) is 11.5 Å². The van der Waals surface area contributed by atoms with Crippen LogP contribution < -0.4 is 20.5 Å². The average molecular weight is 496 g/mol. The quantitative estimate of drug-likeness (QED) is 0.476. The lowest BCUT2D eigenvalue weighted by Gasteiger charge is -2.15. The van der Waals surface area contributed by atoms with Gasteiger partial charge >= 0.3 is 6.03 Å². The molecule has 1 aromatic heterocycles. The zero-order valence-electron chi connectivity index (χ0n) is 17.3. The summed E-state index contributed by atoms with van der Waals surface area (Å²) in [4.78, 5) is 23.2. The number of aromatic nitrogens is 3. The van der Waals surface area contributed by atoms with Gasteiger partial charge in [-0.1, -0.05) is 35.0 Å². The van der Waals surface area contributed by atoms with E-state index in [-0.39, 0.29) is 0 Å². The molecular formula is C20H19Cl2N5O4S. The van der Waals surface area contributed by atoms with Crippen LogP contribution in [0.1, 0.15) is 6.92 Å². The van der Waals surface area contributed by atoms with E-state index in [1.807, 2.05) is 0 Å². The molecule has 3 aromatic rings. The van der Waals surface area contributed by atoms with Gasteiger partial charge in [0.05, 0.1) is 35.7 Å². The Balaban J connectivity index is 2.15. The summed E-state index contributed by atoms with van der Waals surface area (Å²) in [5, 5.41) is 11.1. The second-order valence-corrected chi connectivity index (χ2v) is 8.57. The summed E-state index contributed by atoms with van der Waals surface area (Å²) in [6.07, 6.45) is 0. The Morgan fingerprint density at radius 1 is 1.09 bits per heavy atom. The fourth-order valence-electron chi connectivity index (χ4n) is 2.84. The molecule has 0 unspecified atom stereocenters. The third kappa shape index (κ3) is 5.09. The first-order chi connectivity index (χ1) is 15.2. The Hall–Kier alpha value is -2.95. The zero-order valence-corrected chi connectivity index (χ0v) is 19.6. The lowest BCUT2D eigenvalue weighted by atomic mass is 10.2. The fourth-order valence-corrected chi connectivity index (χ4v) is 4.13. The molecule has 0 spiro atoms. The molecule has 32 heavy (non-hydrogen) atoms. The second kappa shape index (κ2) is 10.1. The lowest BCUT2D eigenvalue weighted by Crippen LogP contribution is -2.39. The normalized spacial score (nSPS) is 11.7. The van der Waals surface area contributed by atoms with E-state index in [1.54, 1.807) is 47.9 Å². The molecule has 12 heteroatoms. The first-order valence-corrected chi connectivity index (χ1v) is 10.8. The lowest BCUT2D eigenvalue weighted by molar-refractivity contribution is -0.119. The van der Waals surface area contributed by atoms with Crippen molar-refractivity contribution in [3.63, 3.8) is 0 Å².